The van der Waals surface area contributed by atoms with Crippen LogP contribution in [0, 0.1) is 5.92 Å². The van der Waals surface area contributed by atoms with Crippen molar-refractivity contribution in [2.24, 2.45) is 10.3 Å². The lowest BCUT2D eigenvalue weighted by molar-refractivity contribution is -0.274. The van der Waals surface area contributed by atoms with Crippen LogP contribution in [0.5, 0.6) is 5.75 Å². The first kappa shape index (κ1) is 28.2. The van der Waals surface area contributed by atoms with Crippen molar-refractivity contribution in [3.8, 4) is 16.9 Å². The summed E-state index contributed by atoms with van der Waals surface area (Å²) in [7, 11) is -8.40. The summed E-state index contributed by atoms with van der Waals surface area (Å²) in [4.78, 5) is -0.278. The number of sulfonamides is 2. The molecule has 3 atom stereocenters. The normalized spacial score (nSPS) is 23.2. The number of hydrogen-bond donors (Lipinski definition) is 2. The van der Waals surface area contributed by atoms with Crippen LogP contribution >= 0.6 is 0 Å². The van der Waals surface area contributed by atoms with Gasteiger partial charge in [0.25, 0.3) is 10.0 Å². The molecule has 3 aromatic rings. The molecule has 5 rings (SSSR count). The molecule has 1 saturated heterocycles. The van der Waals surface area contributed by atoms with Crippen molar-refractivity contribution in [2.75, 3.05) is 13.1 Å². The van der Waals surface area contributed by atoms with Crippen LogP contribution in [0.15, 0.2) is 87.0 Å². The molecule has 40 heavy (non-hydrogen) atoms. The van der Waals surface area contributed by atoms with Crippen LogP contribution in [0.25, 0.3) is 11.1 Å². The largest absolute Gasteiger partial charge is 0.573 e. The second-order valence-electron chi connectivity index (χ2n) is 9.33. The van der Waals surface area contributed by atoms with Crippen molar-refractivity contribution < 1.29 is 39.9 Å². The van der Waals surface area contributed by atoms with Gasteiger partial charge in [0.2, 0.25) is 10.0 Å². The third-order valence-corrected chi connectivity index (χ3v) is 9.99. The predicted octanol–water partition coefficient (Wildman–Crippen LogP) is 3.17. The molecule has 212 valence electrons. The average Bonchev–Trinajstić information content (AvgIpc) is 3.00. The zero-order chi connectivity index (χ0) is 28.7. The Morgan fingerprint density at radius 2 is 1.62 bits per heavy atom. The highest BCUT2D eigenvalue weighted by Gasteiger charge is 2.43. The maximum atomic E-state index is 13.8. The summed E-state index contributed by atoms with van der Waals surface area (Å²) in [6.07, 6.45) is -5.22. The lowest BCUT2D eigenvalue weighted by Gasteiger charge is -2.39. The second kappa shape index (κ2) is 10.6. The molecular weight excluding hydrogens is 571 g/mol. The SMILES string of the molecule is O=S(=O)(/N=C/C1CNC[C@H](N2Cc3ccccc3-c3ccccc3S2(=O)=O)[C@H]1O)c1ccc(OC(F)(F)F)cc1. The summed E-state index contributed by atoms with van der Waals surface area (Å²) < 4.78 is 98.9. The van der Waals surface area contributed by atoms with Gasteiger partial charge < -0.3 is 15.2 Å². The van der Waals surface area contributed by atoms with Gasteiger partial charge in [0, 0.05) is 37.3 Å². The Morgan fingerprint density at radius 3 is 2.33 bits per heavy atom. The molecular formula is C26H24F3N3O6S2. The van der Waals surface area contributed by atoms with Gasteiger partial charge in [-0.05, 0) is 41.5 Å². The molecule has 0 aliphatic carbocycles. The molecule has 0 aromatic heterocycles. The van der Waals surface area contributed by atoms with Gasteiger partial charge in [-0.25, -0.2) is 8.42 Å². The van der Waals surface area contributed by atoms with Crippen LogP contribution in [-0.4, -0.2) is 64.1 Å². The van der Waals surface area contributed by atoms with E-state index < -0.39 is 50.2 Å². The molecule has 14 heteroatoms. The lowest BCUT2D eigenvalue weighted by atomic mass is 9.92. The minimum Gasteiger partial charge on any atom is -0.406 e. The van der Waals surface area contributed by atoms with Crippen LogP contribution in [0.1, 0.15) is 5.56 Å². The summed E-state index contributed by atoms with van der Waals surface area (Å²) >= 11 is 0. The van der Waals surface area contributed by atoms with Crippen molar-refractivity contribution in [3.63, 3.8) is 0 Å². The van der Waals surface area contributed by atoms with E-state index in [1.807, 2.05) is 18.2 Å². The van der Waals surface area contributed by atoms with E-state index in [4.69, 9.17) is 0 Å². The maximum absolute atomic E-state index is 13.8. The molecule has 0 bridgehead atoms. The van der Waals surface area contributed by atoms with Gasteiger partial charge in [-0.15, -0.1) is 13.2 Å². The zero-order valence-corrected chi connectivity index (χ0v) is 22.3. The highest BCUT2D eigenvalue weighted by Crippen LogP contribution is 2.38. The quantitative estimate of drug-likeness (QED) is 0.434. The van der Waals surface area contributed by atoms with Gasteiger partial charge in [-0.1, -0.05) is 42.5 Å². The maximum Gasteiger partial charge on any atom is 0.573 e. The third kappa shape index (κ3) is 5.63. The number of fused-ring (bicyclic) bond motifs is 3. The topological polar surface area (TPSA) is 125 Å². The molecule has 0 saturated carbocycles. The Morgan fingerprint density at radius 1 is 0.975 bits per heavy atom. The lowest BCUT2D eigenvalue weighted by Crippen LogP contribution is -2.59. The minimum absolute atomic E-state index is 0.00883. The van der Waals surface area contributed by atoms with E-state index in [-0.39, 0.29) is 29.4 Å². The van der Waals surface area contributed by atoms with Crippen LogP contribution < -0.4 is 10.1 Å². The number of halogens is 3. The Hall–Kier alpha value is -3.30. The first-order valence-corrected chi connectivity index (χ1v) is 15.0. The molecule has 2 aliphatic rings. The number of benzene rings is 3. The molecule has 3 aromatic carbocycles. The van der Waals surface area contributed by atoms with Crippen LogP contribution in [0.2, 0.25) is 0 Å². The van der Waals surface area contributed by atoms with E-state index in [1.165, 1.54) is 10.4 Å². The Bertz CT molecular complexity index is 1640. The standard InChI is InChI=1S/C26H24F3N3O6S2/c27-26(28,29)38-19-9-11-20(12-10-19)39(34,35)31-14-18-13-30-15-23(25(18)33)32-16-17-5-1-2-6-21(17)22-7-3-4-8-24(22)40(32,36)37/h1-12,14,18,23,25,30,33H,13,15-16H2/b31-14+/t18?,23-,25-/m0/s1. The molecule has 0 radical (unpaired) electrons. The van der Waals surface area contributed by atoms with Gasteiger partial charge in [-0.2, -0.15) is 17.1 Å². The molecule has 0 amide bonds. The predicted molar refractivity (Wildman–Crippen MR) is 140 cm³/mol. The van der Waals surface area contributed by atoms with E-state index in [2.05, 4.69) is 14.5 Å². The average molecular weight is 596 g/mol. The Balaban J connectivity index is 1.41. The van der Waals surface area contributed by atoms with Gasteiger partial charge >= 0.3 is 6.36 Å². The smallest absolute Gasteiger partial charge is 0.406 e. The van der Waals surface area contributed by atoms with Crippen LogP contribution in [0.4, 0.5) is 13.2 Å². The van der Waals surface area contributed by atoms with Crippen molar-refractivity contribution >= 4 is 26.3 Å². The number of piperidine rings is 1. The molecule has 1 fully saturated rings. The highest BCUT2D eigenvalue weighted by atomic mass is 32.2. The van der Waals surface area contributed by atoms with Crippen LogP contribution in [-0.2, 0) is 26.6 Å². The number of nitrogens with zero attached hydrogens (tertiary/aromatic N) is 2. The second-order valence-corrected chi connectivity index (χ2v) is 12.8. The molecule has 2 heterocycles. The minimum atomic E-state index is -4.93. The third-order valence-electron chi connectivity index (χ3n) is 6.79. The van der Waals surface area contributed by atoms with E-state index in [0.29, 0.717) is 5.56 Å². The van der Waals surface area contributed by atoms with Crippen molar-refractivity contribution in [1.82, 2.24) is 9.62 Å². The summed E-state index contributed by atoms with van der Waals surface area (Å²) in [5.74, 6) is -1.47. The first-order valence-electron chi connectivity index (χ1n) is 12.1. The number of rotatable bonds is 5. The number of nitrogens with one attached hydrogen (secondary N) is 1. The summed E-state index contributed by atoms with van der Waals surface area (Å²) in [6, 6.07) is 16.5. The summed E-state index contributed by atoms with van der Waals surface area (Å²) in [5.41, 5.74) is 2.06. The first-order chi connectivity index (χ1) is 18.9. The number of aliphatic hydroxyl groups is 1. The number of aliphatic hydroxyl groups excluding tert-OH is 1. The molecule has 0 spiro atoms. The molecule has 9 nitrogen and oxygen atoms in total. The highest BCUT2D eigenvalue weighted by molar-refractivity contribution is 7.90. The summed E-state index contributed by atoms with van der Waals surface area (Å²) in [5, 5.41) is 14.3. The van der Waals surface area contributed by atoms with E-state index in [1.54, 1.807) is 24.3 Å². The van der Waals surface area contributed by atoms with Crippen molar-refractivity contribution in [2.45, 2.75) is 34.8 Å². The fourth-order valence-corrected chi connectivity index (χ4v) is 7.62. The molecule has 2 aliphatic heterocycles. The van der Waals surface area contributed by atoms with Crippen molar-refractivity contribution in [3.05, 3.63) is 78.4 Å². The van der Waals surface area contributed by atoms with Gasteiger partial charge in [-0.3, -0.25) is 0 Å². The number of alkyl halides is 3. The zero-order valence-electron chi connectivity index (χ0n) is 20.7. The molecule has 1 unspecified atom stereocenters. The number of hydrogen-bond acceptors (Lipinski definition) is 7. The summed E-state index contributed by atoms with van der Waals surface area (Å²) in [6.45, 7) is 0.226. The fourth-order valence-electron chi connectivity index (χ4n) is 4.88. The Kier molecular flexibility index (Phi) is 7.48. The number of ether oxygens (including phenoxy) is 1. The van der Waals surface area contributed by atoms with Gasteiger partial charge in [0.1, 0.15) is 5.75 Å². The van der Waals surface area contributed by atoms with Crippen molar-refractivity contribution in [1.29, 1.82) is 0 Å². The van der Waals surface area contributed by atoms with E-state index in [9.17, 15) is 35.1 Å². The van der Waals surface area contributed by atoms with Crippen LogP contribution in [0.3, 0.4) is 0 Å². The van der Waals surface area contributed by atoms with E-state index >= 15 is 0 Å². The van der Waals surface area contributed by atoms with Gasteiger partial charge in [0.05, 0.1) is 21.9 Å². The Labute approximate surface area is 229 Å². The molecule has 2 N–H and O–H groups in total. The fraction of sp³-hybridized carbons (Fsp3) is 0.269. The monoisotopic (exact) mass is 595 g/mol. The van der Waals surface area contributed by atoms with E-state index in [0.717, 1.165) is 41.6 Å². The van der Waals surface area contributed by atoms with Gasteiger partial charge in [0.15, 0.2) is 0 Å².